The number of nitrogens with two attached hydrogens (primary N) is 1. The Morgan fingerprint density at radius 2 is 1.95 bits per heavy atom. The van der Waals surface area contributed by atoms with Gasteiger partial charge in [0.25, 0.3) is 0 Å². The van der Waals surface area contributed by atoms with Crippen LogP contribution in [-0.2, 0) is 0 Å². The second kappa shape index (κ2) is 5.78. The van der Waals surface area contributed by atoms with Crippen molar-refractivity contribution < 1.29 is 8.78 Å². The lowest BCUT2D eigenvalue weighted by molar-refractivity contribution is 0.145. The van der Waals surface area contributed by atoms with E-state index in [-0.39, 0.29) is 23.6 Å². The largest absolute Gasteiger partial charge is 0.330 e. The molecule has 0 radical (unpaired) electrons. The van der Waals surface area contributed by atoms with Gasteiger partial charge in [0.1, 0.15) is 11.6 Å². The van der Waals surface area contributed by atoms with Gasteiger partial charge in [-0.2, -0.15) is 0 Å². The molecule has 2 unspecified atom stereocenters. The number of rotatable bonds is 3. The van der Waals surface area contributed by atoms with Gasteiger partial charge in [0.05, 0.1) is 0 Å². The lowest BCUT2D eigenvalue weighted by Gasteiger charge is -2.35. The summed E-state index contributed by atoms with van der Waals surface area (Å²) in [5.74, 6) is -0.450. The number of hydrogen-bond donors (Lipinski definition) is 1. The van der Waals surface area contributed by atoms with Crippen molar-refractivity contribution in [1.29, 1.82) is 0 Å². The Labute approximate surface area is 118 Å². The standard InChI is InChI=1S/C16H22F2N2/c17-12-4-7-15(18)14(9-12)16-11(10-19)3-1-2-8-20(16)13-5-6-13/h4,7,9,11,13,16H,1-3,5-6,8,10,19H2. The van der Waals surface area contributed by atoms with Crippen LogP contribution in [0.3, 0.4) is 0 Å². The molecule has 110 valence electrons. The SMILES string of the molecule is NCC1CCCCN(C2CC2)C1c1cc(F)ccc1F. The molecule has 0 spiro atoms. The summed E-state index contributed by atoms with van der Waals surface area (Å²) in [6.07, 6.45) is 5.59. The molecular weight excluding hydrogens is 258 g/mol. The van der Waals surface area contributed by atoms with Crippen molar-refractivity contribution >= 4 is 0 Å². The normalized spacial score (nSPS) is 28.4. The van der Waals surface area contributed by atoms with Gasteiger partial charge >= 0.3 is 0 Å². The van der Waals surface area contributed by atoms with Crippen LogP contribution in [0.1, 0.15) is 43.7 Å². The number of nitrogens with zero attached hydrogens (tertiary/aromatic N) is 1. The highest BCUT2D eigenvalue weighted by Gasteiger charge is 2.39. The summed E-state index contributed by atoms with van der Waals surface area (Å²) >= 11 is 0. The van der Waals surface area contributed by atoms with Crippen LogP contribution in [0.25, 0.3) is 0 Å². The molecule has 2 aliphatic rings. The van der Waals surface area contributed by atoms with E-state index in [4.69, 9.17) is 5.73 Å². The molecule has 1 aromatic rings. The van der Waals surface area contributed by atoms with Crippen LogP contribution in [-0.4, -0.2) is 24.0 Å². The van der Waals surface area contributed by atoms with Gasteiger partial charge in [0, 0.05) is 17.6 Å². The molecule has 2 fully saturated rings. The molecule has 3 rings (SSSR count). The minimum absolute atomic E-state index is 0.0642. The van der Waals surface area contributed by atoms with E-state index >= 15 is 0 Å². The van der Waals surface area contributed by atoms with Gasteiger partial charge in [0.2, 0.25) is 0 Å². The fraction of sp³-hybridized carbons (Fsp3) is 0.625. The summed E-state index contributed by atoms with van der Waals surface area (Å²) < 4.78 is 27.8. The van der Waals surface area contributed by atoms with E-state index in [1.165, 1.54) is 31.0 Å². The predicted molar refractivity (Wildman–Crippen MR) is 75.2 cm³/mol. The molecule has 2 nitrogen and oxygen atoms in total. The number of benzene rings is 1. The zero-order valence-corrected chi connectivity index (χ0v) is 11.7. The molecule has 2 atom stereocenters. The van der Waals surface area contributed by atoms with Crippen molar-refractivity contribution in [3.8, 4) is 0 Å². The molecule has 0 aromatic heterocycles. The van der Waals surface area contributed by atoms with Crippen molar-refractivity contribution in [1.82, 2.24) is 4.90 Å². The third-order valence-electron chi connectivity index (χ3n) is 4.64. The molecule has 0 amide bonds. The fourth-order valence-corrected chi connectivity index (χ4v) is 3.51. The first kappa shape index (κ1) is 14.0. The Bertz CT molecular complexity index is 474. The third-order valence-corrected chi connectivity index (χ3v) is 4.64. The van der Waals surface area contributed by atoms with Gasteiger partial charge in [-0.1, -0.05) is 6.42 Å². The number of hydrogen-bond acceptors (Lipinski definition) is 2. The highest BCUT2D eigenvalue weighted by molar-refractivity contribution is 5.24. The minimum atomic E-state index is -0.364. The summed E-state index contributed by atoms with van der Waals surface area (Å²) in [5.41, 5.74) is 6.42. The lowest BCUT2D eigenvalue weighted by atomic mass is 9.88. The summed E-state index contributed by atoms with van der Waals surface area (Å²) in [6, 6.07) is 4.27. The Kier molecular flexibility index (Phi) is 4.03. The van der Waals surface area contributed by atoms with Gasteiger partial charge in [0.15, 0.2) is 0 Å². The van der Waals surface area contributed by atoms with Crippen molar-refractivity contribution in [2.24, 2.45) is 11.7 Å². The van der Waals surface area contributed by atoms with E-state index < -0.39 is 0 Å². The predicted octanol–water partition coefficient (Wildman–Crippen LogP) is 3.23. The Morgan fingerprint density at radius 3 is 2.65 bits per heavy atom. The summed E-state index contributed by atoms with van der Waals surface area (Å²) in [5, 5.41) is 0. The van der Waals surface area contributed by atoms with Gasteiger partial charge < -0.3 is 5.73 Å². The second-order valence-corrected chi connectivity index (χ2v) is 6.07. The number of likely N-dealkylation sites (tertiary alicyclic amines) is 1. The molecule has 2 N–H and O–H groups in total. The molecule has 1 aliphatic heterocycles. The van der Waals surface area contributed by atoms with Crippen LogP contribution >= 0.6 is 0 Å². The average molecular weight is 280 g/mol. The van der Waals surface area contributed by atoms with Crippen molar-refractivity contribution in [3.63, 3.8) is 0 Å². The van der Waals surface area contributed by atoms with E-state index in [0.717, 1.165) is 25.8 Å². The van der Waals surface area contributed by atoms with E-state index in [0.29, 0.717) is 18.2 Å². The van der Waals surface area contributed by atoms with E-state index in [1.54, 1.807) is 0 Å². The zero-order chi connectivity index (χ0) is 14.1. The quantitative estimate of drug-likeness (QED) is 0.921. The van der Waals surface area contributed by atoms with Crippen LogP contribution in [0.2, 0.25) is 0 Å². The van der Waals surface area contributed by atoms with Crippen LogP contribution in [0.4, 0.5) is 8.78 Å². The monoisotopic (exact) mass is 280 g/mol. The van der Waals surface area contributed by atoms with E-state index in [2.05, 4.69) is 4.90 Å². The van der Waals surface area contributed by atoms with E-state index in [1.807, 2.05) is 0 Å². The van der Waals surface area contributed by atoms with Gasteiger partial charge in [-0.15, -0.1) is 0 Å². The summed E-state index contributed by atoms with van der Waals surface area (Å²) in [6.45, 7) is 1.51. The molecule has 1 saturated heterocycles. The topological polar surface area (TPSA) is 29.3 Å². The van der Waals surface area contributed by atoms with Crippen molar-refractivity contribution in [2.75, 3.05) is 13.1 Å². The Balaban J connectivity index is 2.00. The maximum Gasteiger partial charge on any atom is 0.128 e. The van der Waals surface area contributed by atoms with Crippen LogP contribution in [0.5, 0.6) is 0 Å². The third kappa shape index (κ3) is 2.72. The molecular formula is C16H22F2N2. The molecule has 4 heteroatoms. The first-order valence-corrected chi connectivity index (χ1v) is 7.61. The molecule has 1 heterocycles. The highest BCUT2D eigenvalue weighted by atomic mass is 19.1. The first-order chi connectivity index (χ1) is 9.70. The Hall–Kier alpha value is -1.00. The van der Waals surface area contributed by atoms with Gasteiger partial charge in [-0.3, -0.25) is 4.90 Å². The first-order valence-electron chi connectivity index (χ1n) is 7.61. The highest BCUT2D eigenvalue weighted by Crippen LogP contribution is 2.42. The van der Waals surface area contributed by atoms with Crippen molar-refractivity contribution in [3.05, 3.63) is 35.4 Å². The molecule has 1 aromatic carbocycles. The van der Waals surface area contributed by atoms with Crippen LogP contribution in [0.15, 0.2) is 18.2 Å². The Morgan fingerprint density at radius 1 is 1.15 bits per heavy atom. The lowest BCUT2D eigenvalue weighted by Crippen LogP contribution is -2.37. The zero-order valence-electron chi connectivity index (χ0n) is 11.7. The second-order valence-electron chi connectivity index (χ2n) is 6.07. The summed E-state index contributed by atoms with van der Waals surface area (Å²) in [7, 11) is 0. The molecule has 1 aliphatic carbocycles. The van der Waals surface area contributed by atoms with Crippen molar-refractivity contribution in [2.45, 2.75) is 44.2 Å². The average Bonchev–Trinajstić information content (AvgIpc) is 3.26. The van der Waals surface area contributed by atoms with Crippen LogP contribution < -0.4 is 5.73 Å². The molecule has 1 saturated carbocycles. The molecule has 0 bridgehead atoms. The van der Waals surface area contributed by atoms with Gasteiger partial charge in [-0.25, -0.2) is 8.78 Å². The summed E-state index contributed by atoms with van der Waals surface area (Å²) in [4.78, 5) is 2.38. The molecule has 20 heavy (non-hydrogen) atoms. The number of halogens is 2. The maximum absolute atomic E-state index is 14.2. The smallest absolute Gasteiger partial charge is 0.128 e. The fourth-order valence-electron chi connectivity index (χ4n) is 3.51. The minimum Gasteiger partial charge on any atom is -0.330 e. The maximum atomic E-state index is 14.2. The van der Waals surface area contributed by atoms with Gasteiger partial charge in [-0.05, 0) is 62.9 Å². The van der Waals surface area contributed by atoms with E-state index in [9.17, 15) is 8.78 Å². The van der Waals surface area contributed by atoms with Crippen LogP contribution in [0, 0.1) is 17.6 Å².